The van der Waals surface area contributed by atoms with E-state index >= 15 is 0 Å². The maximum Gasteiger partial charge on any atom is 0.255 e. The Bertz CT molecular complexity index is 863. The van der Waals surface area contributed by atoms with Crippen molar-refractivity contribution in [2.45, 2.75) is 45.2 Å². The molecule has 0 spiro atoms. The molecule has 3 rings (SSSR count). The number of nitrogens with one attached hydrogen (secondary N) is 3. The minimum Gasteiger partial charge on any atom is -0.350 e. The molecule has 3 N–H and O–H groups in total. The quantitative estimate of drug-likeness (QED) is 0.672. The number of rotatable bonds is 7. The monoisotopic (exact) mass is 394 g/mol. The normalized spacial score (nSPS) is 14.8. The molecule has 29 heavy (non-hydrogen) atoms. The van der Waals surface area contributed by atoms with Crippen molar-refractivity contribution < 1.29 is 14.4 Å². The van der Waals surface area contributed by atoms with Crippen molar-refractivity contribution in [2.75, 3.05) is 5.32 Å². The molecular weight excluding hydrogens is 368 g/mol. The molecule has 1 unspecified atom stereocenters. The smallest absolute Gasteiger partial charge is 0.255 e. The average molecular weight is 394 g/mol. The molecule has 1 fully saturated rings. The van der Waals surface area contributed by atoms with E-state index in [0.717, 1.165) is 31.2 Å². The van der Waals surface area contributed by atoms with Gasteiger partial charge in [0.25, 0.3) is 5.91 Å². The molecule has 1 aliphatic carbocycles. The zero-order valence-electron chi connectivity index (χ0n) is 16.5. The molecule has 2 aromatic rings. The third-order valence-electron chi connectivity index (χ3n) is 5.11. The third-order valence-corrected chi connectivity index (χ3v) is 5.11. The van der Waals surface area contributed by atoms with E-state index in [2.05, 4.69) is 20.9 Å². The number of carbonyl (C=O) groups is 3. The zero-order valence-corrected chi connectivity index (χ0v) is 16.5. The molecule has 0 bridgehead atoms. The number of pyridine rings is 1. The molecule has 1 aromatic heterocycles. The topological polar surface area (TPSA) is 100 Å². The van der Waals surface area contributed by atoms with E-state index in [1.807, 2.05) is 18.2 Å². The van der Waals surface area contributed by atoms with Crippen LogP contribution in [0, 0.1) is 5.92 Å². The highest BCUT2D eigenvalue weighted by Crippen LogP contribution is 2.28. The van der Waals surface area contributed by atoms with Gasteiger partial charge in [-0.2, -0.15) is 0 Å². The Labute approximate surface area is 170 Å². The molecule has 1 heterocycles. The number of aromatic nitrogens is 1. The van der Waals surface area contributed by atoms with E-state index in [1.165, 1.54) is 6.92 Å². The third kappa shape index (κ3) is 5.88. The van der Waals surface area contributed by atoms with Crippen LogP contribution in [-0.4, -0.2) is 28.7 Å². The highest BCUT2D eigenvalue weighted by Gasteiger charge is 2.31. The Morgan fingerprint density at radius 2 is 1.83 bits per heavy atom. The maximum absolute atomic E-state index is 12.7. The second-order valence-corrected chi connectivity index (χ2v) is 7.33. The van der Waals surface area contributed by atoms with E-state index in [9.17, 15) is 14.4 Å². The Hall–Kier alpha value is -3.22. The first-order chi connectivity index (χ1) is 14.0. The highest BCUT2D eigenvalue weighted by atomic mass is 16.2. The van der Waals surface area contributed by atoms with Gasteiger partial charge >= 0.3 is 0 Å². The number of carbonyl (C=O) groups excluding carboxylic acids is 3. The van der Waals surface area contributed by atoms with E-state index in [-0.39, 0.29) is 23.6 Å². The molecule has 1 aliphatic rings. The Morgan fingerprint density at radius 3 is 2.52 bits per heavy atom. The van der Waals surface area contributed by atoms with E-state index in [0.29, 0.717) is 17.8 Å². The van der Waals surface area contributed by atoms with Gasteiger partial charge in [-0.05, 0) is 48.6 Å². The fraction of sp³-hybridized carbons (Fsp3) is 0.364. The van der Waals surface area contributed by atoms with E-state index in [4.69, 9.17) is 0 Å². The van der Waals surface area contributed by atoms with Crippen molar-refractivity contribution in [1.82, 2.24) is 15.6 Å². The molecule has 0 saturated heterocycles. The summed E-state index contributed by atoms with van der Waals surface area (Å²) in [7, 11) is 0. The average Bonchev–Trinajstić information content (AvgIpc) is 3.25. The summed E-state index contributed by atoms with van der Waals surface area (Å²) in [6, 6.07) is 10.1. The Balaban J connectivity index is 1.59. The van der Waals surface area contributed by atoms with Crippen LogP contribution in [0.2, 0.25) is 0 Å². The van der Waals surface area contributed by atoms with Gasteiger partial charge in [0.15, 0.2) is 0 Å². The first-order valence-electron chi connectivity index (χ1n) is 9.88. The number of amides is 3. The van der Waals surface area contributed by atoms with Gasteiger partial charge in [-0.25, -0.2) is 0 Å². The van der Waals surface area contributed by atoms with Crippen molar-refractivity contribution in [3.05, 3.63) is 59.9 Å². The van der Waals surface area contributed by atoms with Crippen molar-refractivity contribution >= 4 is 23.4 Å². The van der Waals surface area contributed by atoms with Crippen molar-refractivity contribution in [2.24, 2.45) is 5.92 Å². The lowest BCUT2D eigenvalue weighted by Crippen LogP contribution is -2.49. The molecule has 1 aromatic carbocycles. The summed E-state index contributed by atoms with van der Waals surface area (Å²) in [6.45, 7) is 1.75. The fourth-order valence-electron chi connectivity index (χ4n) is 3.67. The molecule has 1 atom stereocenters. The molecular formula is C22H26N4O3. The number of hydrogen-bond acceptors (Lipinski definition) is 4. The van der Waals surface area contributed by atoms with Gasteiger partial charge in [-0.3, -0.25) is 19.4 Å². The highest BCUT2D eigenvalue weighted by molar-refractivity contribution is 6.04. The molecule has 152 valence electrons. The van der Waals surface area contributed by atoms with Crippen LogP contribution in [0.4, 0.5) is 5.69 Å². The molecule has 3 amide bonds. The minimum atomic E-state index is -0.496. The first kappa shape index (κ1) is 20.5. The summed E-state index contributed by atoms with van der Waals surface area (Å²) in [5.74, 6) is -0.401. The standard InChI is InChI=1S/C22H26N4O3/c1-15(27)25-20(17-6-2-3-7-17)22(29)24-14-16-5-4-8-19(13-16)26-21(28)18-9-11-23-12-10-18/h4-5,8-13,17,20H,2-3,6-7,14H2,1H3,(H,24,29)(H,25,27)(H,26,28). The van der Waals surface area contributed by atoms with Gasteiger partial charge in [0.2, 0.25) is 11.8 Å². The fourth-order valence-corrected chi connectivity index (χ4v) is 3.67. The zero-order chi connectivity index (χ0) is 20.6. The van der Waals surface area contributed by atoms with Gasteiger partial charge in [-0.15, -0.1) is 0 Å². The molecule has 0 radical (unpaired) electrons. The molecule has 7 nitrogen and oxygen atoms in total. The van der Waals surface area contributed by atoms with Gasteiger partial charge in [-0.1, -0.05) is 25.0 Å². The summed E-state index contributed by atoms with van der Waals surface area (Å²) < 4.78 is 0. The second kappa shape index (κ2) is 9.82. The largest absolute Gasteiger partial charge is 0.350 e. The maximum atomic E-state index is 12.7. The predicted molar refractivity (Wildman–Crippen MR) is 110 cm³/mol. The Kier molecular flexibility index (Phi) is 6.94. The second-order valence-electron chi connectivity index (χ2n) is 7.33. The van der Waals surface area contributed by atoms with E-state index < -0.39 is 6.04 Å². The molecule has 7 heteroatoms. The minimum absolute atomic E-state index is 0.168. The van der Waals surface area contributed by atoms with E-state index in [1.54, 1.807) is 30.6 Å². The van der Waals surface area contributed by atoms with Crippen LogP contribution in [0.25, 0.3) is 0 Å². The van der Waals surface area contributed by atoms with Gasteiger partial charge in [0.05, 0.1) is 0 Å². The van der Waals surface area contributed by atoms with Gasteiger partial charge < -0.3 is 16.0 Å². The molecule has 1 saturated carbocycles. The SMILES string of the molecule is CC(=O)NC(C(=O)NCc1cccc(NC(=O)c2ccncc2)c1)C1CCCC1. The lowest BCUT2D eigenvalue weighted by Gasteiger charge is -2.23. The van der Waals surface area contributed by atoms with Crippen molar-refractivity contribution in [3.8, 4) is 0 Å². The van der Waals surface area contributed by atoms with Gasteiger partial charge in [0, 0.05) is 37.1 Å². The van der Waals surface area contributed by atoms with Crippen LogP contribution in [0.15, 0.2) is 48.8 Å². The van der Waals surface area contributed by atoms with Gasteiger partial charge in [0.1, 0.15) is 6.04 Å². The number of nitrogens with zero attached hydrogens (tertiary/aromatic N) is 1. The van der Waals surface area contributed by atoms with Crippen LogP contribution in [0.1, 0.15) is 48.5 Å². The molecule has 0 aliphatic heterocycles. The number of anilines is 1. The first-order valence-corrected chi connectivity index (χ1v) is 9.88. The summed E-state index contributed by atoms with van der Waals surface area (Å²) in [5, 5.41) is 8.56. The lowest BCUT2D eigenvalue weighted by atomic mass is 9.97. The summed E-state index contributed by atoms with van der Waals surface area (Å²) >= 11 is 0. The van der Waals surface area contributed by atoms with Crippen molar-refractivity contribution in [3.63, 3.8) is 0 Å². The predicted octanol–water partition coefficient (Wildman–Crippen LogP) is 2.65. The Morgan fingerprint density at radius 1 is 1.10 bits per heavy atom. The number of benzene rings is 1. The number of hydrogen-bond donors (Lipinski definition) is 3. The van der Waals surface area contributed by atoms with Crippen LogP contribution in [0.5, 0.6) is 0 Å². The van der Waals surface area contributed by atoms with Crippen molar-refractivity contribution in [1.29, 1.82) is 0 Å². The summed E-state index contributed by atoms with van der Waals surface area (Å²) in [6.07, 6.45) is 7.22. The lowest BCUT2D eigenvalue weighted by molar-refractivity contribution is -0.129. The van der Waals surface area contributed by atoms with Crippen LogP contribution >= 0.6 is 0 Å². The van der Waals surface area contributed by atoms with Crippen LogP contribution < -0.4 is 16.0 Å². The van der Waals surface area contributed by atoms with Crippen LogP contribution in [-0.2, 0) is 16.1 Å². The summed E-state index contributed by atoms with van der Waals surface area (Å²) in [5.41, 5.74) is 2.03. The van der Waals surface area contributed by atoms with Crippen LogP contribution in [0.3, 0.4) is 0 Å². The summed E-state index contributed by atoms with van der Waals surface area (Å²) in [4.78, 5) is 40.4.